The van der Waals surface area contributed by atoms with Gasteiger partial charge < -0.3 is 33.9 Å². The molecule has 8 nitrogen and oxygen atoms in total. The summed E-state index contributed by atoms with van der Waals surface area (Å²) in [7, 11) is 6.61. The van der Waals surface area contributed by atoms with Gasteiger partial charge in [0.2, 0.25) is 0 Å². The van der Waals surface area contributed by atoms with Gasteiger partial charge in [0.05, 0.1) is 34.0 Å². The van der Waals surface area contributed by atoms with Crippen LogP contribution in [0, 0.1) is 0 Å². The predicted octanol–water partition coefficient (Wildman–Crippen LogP) is 3.31. The van der Waals surface area contributed by atoms with Crippen LogP contribution < -0.4 is 19.5 Å². The molecule has 9 heteroatoms. The van der Waals surface area contributed by atoms with Gasteiger partial charge in [0.15, 0.2) is 17.5 Å². The van der Waals surface area contributed by atoms with Gasteiger partial charge in [-0.25, -0.2) is 4.99 Å². The number of aliphatic imine (C=N–C) groups is 1. The Kier molecular flexibility index (Phi) is 13.7. The molecular weight excluding hydrogens is 513 g/mol. The summed E-state index contributed by atoms with van der Waals surface area (Å²) in [6.45, 7) is 6.72. The molecule has 0 bridgehead atoms. The van der Waals surface area contributed by atoms with E-state index in [0.717, 1.165) is 69.4 Å². The second kappa shape index (κ2) is 15.4. The first-order chi connectivity index (χ1) is 14.7. The van der Waals surface area contributed by atoms with E-state index in [9.17, 15) is 0 Å². The molecular formula is C22H38IN3O5. The number of benzene rings is 1. The lowest BCUT2D eigenvalue weighted by atomic mass is 10.1. The van der Waals surface area contributed by atoms with Gasteiger partial charge in [0.25, 0.3) is 0 Å². The average Bonchev–Trinajstić information content (AvgIpc) is 2.79. The highest BCUT2D eigenvalue weighted by Crippen LogP contribution is 2.35. The zero-order chi connectivity index (χ0) is 21.8. The molecule has 0 amide bonds. The van der Waals surface area contributed by atoms with Gasteiger partial charge in [0.1, 0.15) is 5.75 Å². The fourth-order valence-electron chi connectivity index (χ4n) is 3.49. The molecule has 0 radical (unpaired) electrons. The second-order valence-corrected chi connectivity index (χ2v) is 7.09. The molecule has 1 aromatic carbocycles. The molecule has 31 heavy (non-hydrogen) atoms. The second-order valence-electron chi connectivity index (χ2n) is 7.09. The molecule has 1 heterocycles. The maximum Gasteiger partial charge on any atom is 0.194 e. The van der Waals surface area contributed by atoms with E-state index >= 15 is 0 Å². The summed E-state index contributed by atoms with van der Waals surface area (Å²) in [5.41, 5.74) is 0.946. The average molecular weight is 551 g/mol. The van der Waals surface area contributed by atoms with E-state index in [4.69, 9.17) is 28.7 Å². The van der Waals surface area contributed by atoms with Gasteiger partial charge >= 0.3 is 0 Å². The highest BCUT2D eigenvalue weighted by Gasteiger charge is 2.22. The van der Waals surface area contributed by atoms with Gasteiger partial charge in [0, 0.05) is 51.6 Å². The van der Waals surface area contributed by atoms with Crippen LogP contribution in [0.3, 0.4) is 0 Å². The van der Waals surface area contributed by atoms with E-state index in [2.05, 4.69) is 17.1 Å². The normalized spacial score (nSPS) is 14.7. The molecule has 0 aromatic heterocycles. The Morgan fingerprint density at radius 1 is 1.00 bits per heavy atom. The molecule has 0 atom stereocenters. The van der Waals surface area contributed by atoms with Gasteiger partial charge in [-0.15, -0.1) is 24.0 Å². The number of guanidine groups is 1. The van der Waals surface area contributed by atoms with Crippen LogP contribution in [0.1, 0.15) is 31.7 Å². The number of methoxy groups -OCH3 is 4. The Morgan fingerprint density at radius 3 is 2.23 bits per heavy atom. The van der Waals surface area contributed by atoms with Crippen molar-refractivity contribution in [3.63, 3.8) is 0 Å². The van der Waals surface area contributed by atoms with Crippen LogP contribution in [0.2, 0.25) is 0 Å². The summed E-state index contributed by atoms with van der Waals surface area (Å²) in [4.78, 5) is 7.15. The van der Waals surface area contributed by atoms with Gasteiger partial charge in [-0.05, 0) is 32.3 Å². The van der Waals surface area contributed by atoms with Gasteiger partial charge in [-0.3, -0.25) is 0 Å². The standard InChI is InChI=1S/C22H37N3O5.HI/c1-6-23-22(25-10-8-18(9-11-25)30-13-7-12-26-2)24-16-17-14-20(28-4)21(29-5)15-19(17)27-3;/h14-15,18H,6-13,16H2,1-5H3,(H,23,24);1H. The van der Waals surface area contributed by atoms with Crippen molar-refractivity contribution in [3.8, 4) is 17.2 Å². The van der Waals surface area contributed by atoms with Crippen LogP contribution in [-0.4, -0.2) is 78.3 Å². The Hall–Kier alpha value is -1.46. The number of halogens is 1. The zero-order valence-electron chi connectivity index (χ0n) is 19.4. The third kappa shape index (κ3) is 8.53. The molecule has 1 aromatic rings. The van der Waals surface area contributed by atoms with E-state index in [1.54, 1.807) is 28.4 Å². The SMILES string of the molecule is CCNC(=NCc1cc(OC)c(OC)cc1OC)N1CCC(OCCCOC)CC1.I. The summed E-state index contributed by atoms with van der Waals surface area (Å²) in [5.74, 6) is 2.95. The van der Waals surface area contributed by atoms with E-state index in [0.29, 0.717) is 24.1 Å². The number of nitrogens with zero attached hydrogens (tertiary/aromatic N) is 2. The molecule has 0 unspecified atom stereocenters. The largest absolute Gasteiger partial charge is 0.496 e. The van der Waals surface area contributed by atoms with Gasteiger partial charge in [-0.1, -0.05) is 0 Å². The van der Waals surface area contributed by atoms with Gasteiger partial charge in [-0.2, -0.15) is 0 Å². The lowest BCUT2D eigenvalue weighted by Gasteiger charge is -2.34. The van der Waals surface area contributed by atoms with Crippen LogP contribution in [-0.2, 0) is 16.0 Å². The van der Waals surface area contributed by atoms with E-state index in [1.165, 1.54) is 0 Å². The van der Waals surface area contributed by atoms with Crippen molar-refractivity contribution >= 4 is 29.9 Å². The first kappa shape index (κ1) is 27.6. The maximum absolute atomic E-state index is 5.97. The molecule has 1 aliphatic heterocycles. The Bertz CT molecular complexity index is 667. The monoisotopic (exact) mass is 551 g/mol. The number of rotatable bonds is 11. The number of hydrogen-bond acceptors (Lipinski definition) is 6. The first-order valence-electron chi connectivity index (χ1n) is 10.6. The molecule has 1 fully saturated rings. The van der Waals surface area contributed by atoms with Crippen molar-refractivity contribution in [2.45, 2.75) is 38.8 Å². The smallest absolute Gasteiger partial charge is 0.194 e. The Balaban J connectivity index is 0.00000480. The van der Waals surface area contributed by atoms with Crippen molar-refractivity contribution < 1.29 is 23.7 Å². The molecule has 1 saturated heterocycles. The number of nitrogens with one attached hydrogen (secondary N) is 1. The Morgan fingerprint density at radius 2 is 1.65 bits per heavy atom. The summed E-state index contributed by atoms with van der Waals surface area (Å²) in [6, 6.07) is 3.76. The molecule has 178 valence electrons. The minimum Gasteiger partial charge on any atom is -0.496 e. The van der Waals surface area contributed by atoms with Crippen LogP contribution >= 0.6 is 24.0 Å². The number of hydrogen-bond donors (Lipinski definition) is 1. The molecule has 0 spiro atoms. The minimum atomic E-state index is 0. The van der Waals surface area contributed by atoms with Crippen LogP contribution in [0.25, 0.3) is 0 Å². The summed E-state index contributed by atoms with van der Waals surface area (Å²) in [6.07, 6.45) is 3.24. The summed E-state index contributed by atoms with van der Waals surface area (Å²) >= 11 is 0. The van der Waals surface area contributed by atoms with Crippen molar-refractivity contribution in [1.29, 1.82) is 0 Å². The predicted molar refractivity (Wildman–Crippen MR) is 133 cm³/mol. The topological polar surface area (TPSA) is 73.8 Å². The molecule has 1 aliphatic rings. The third-order valence-electron chi connectivity index (χ3n) is 5.11. The van der Waals surface area contributed by atoms with Crippen molar-refractivity contribution in [3.05, 3.63) is 17.7 Å². The van der Waals surface area contributed by atoms with Crippen LogP contribution in [0.5, 0.6) is 17.2 Å². The van der Waals surface area contributed by atoms with E-state index in [1.807, 2.05) is 12.1 Å². The maximum atomic E-state index is 5.97. The first-order valence-corrected chi connectivity index (χ1v) is 10.6. The van der Waals surface area contributed by atoms with Crippen molar-refractivity contribution in [2.24, 2.45) is 4.99 Å². The highest BCUT2D eigenvalue weighted by molar-refractivity contribution is 14.0. The minimum absolute atomic E-state index is 0. The molecule has 1 N–H and O–H groups in total. The lowest BCUT2D eigenvalue weighted by Crippen LogP contribution is -2.47. The van der Waals surface area contributed by atoms with Crippen molar-refractivity contribution in [2.75, 3.05) is 61.3 Å². The fraction of sp³-hybridized carbons (Fsp3) is 0.682. The van der Waals surface area contributed by atoms with E-state index < -0.39 is 0 Å². The summed E-state index contributed by atoms with van der Waals surface area (Å²) < 4.78 is 27.4. The van der Waals surface area contributed by atoms with Crippen LogP contribution in [0.4, 0.5) is 0 Å². The number of piperidine rings is 1. The fourth-order valence-corrected chi connectivity index (χ4v) is 3.49. The quantitative estimate of drug-likeness (QED) is 0.196. The number of likely N-dealkylation sites (tertiary alicyclic amines) is 1. The summed E-state index contributed by atoms with van der Waals surface area (Å²) in [5, 5.41) is 3.41. The van der Waals surface area contributed by atoms with Crippen LogP contribution in [0.15, 0.2) is 17.1 Å². The molecule has 2 rings (SSSR count). The Labute approximate surface area is 203 Å². The molecule has 0 aliphatic carbocycles. The van der Waals surface area contributed by atoms with E-state index in [-0.39, 0.29) is 24.0 Å². The third-order valence-corrected chi connectivity index (χ3v) is 5.11. The highest BCUT2D eigenvalue weighted by atomic mass is 127. The number of ether oxygens (including phenoxy) is 5. The van der Waals surface area contributed by atoms with Crippen molar-refractivity contribution in [1.82, 2.24) is 10.2 Å². The lowest BCUT2D eigenvalue weighted by molar-refractivity contribution is 0.00990. The zero-order valence-corrected chi connectivity index (χ0v) is 21.8. The molecule has 0 saturated carbocycles.